The second kappa shape index (κ2) is 7.44. The molecule has 3 rings (SSSR count). The van der Waals surface area contributed by atoms with E-state index in [-0.39, 0.29) is 6.61 Å². The van der Waals surface area contributed by atoms with E-state index in [4.69, 9.17) is 27.7 Å². The first kappa shape index (κ1) is 18.4. The normalized spacial score (nSPS) is 11.5. The molecule has 0 aliphatic rings. The van der Waals surface area contributed by atoms with Gasteiger partial charge in [-0.3, -0.25) is 11.5 Å². The van der Waals surface area contributed by atoms with Crippen LogP contribution in [0.1, 0.15) is 11.1 Å². The molecule has 0 saturated heterocycles. The van der Waals surface area contributed by atoms with Gasteiger partial charge in [-0.2, -0.15) is 0 Å². The van der Waals surface area contributed by atoms with E-state index in [0.717, 1.165) is 22.0 Å². The number of hydrogen-bond acceptors (Lipinski definition) is 5. The number of ether oxygens (including phenoxy) is 1. The van der Waals surface area contributed by atoms with Crippen LogP contribution in [0.2, 0.25) is 0 Å². The van der Waals surface area contributed by atoms with Crippen molar-refractivity contribution in [1.82, 2.24) is 0 Å². The predicted molar refractivity (Wildman–Crippen MR) is 111 cm³/mol. The molecule has 0 bridgehead atoms. The van der Waals surface area contributed by atoms with Crippen LogP contribution in [0.3, 0.4) is 0 Å². The number of benzene rings is 3. The van der Waals surface area contributed by atoms with Gasteiger partial charge < -0.3 is 16.2 Å². The molecule has 0 saturated carbocycles. The number of nitrogens with two attached hydrogens (primary N) is 4. The minimum Gasteiger partial charge on any atom is -0.398 e. The van der Waals surface area contributed by atoms with Gasteiger partial charge >= 0.3 is 0 Å². The zero-order valence-electron chi connectivity index (χ0n) is 14.4. The van der Waals surface area contributed by atoms with Crippen molar-refractivity contribution in [2.45, 2.75) is 12.5 Å². The van der Waals surface area contributed by atoms with Crippen LogP contribution in [0.4, 0.5) is 11.4 Å². The Hall–Kier alpha value is -2.43. The fourth-order valence-corrected chi connectivity index (χ4v) is 3.02. The lowest BCUT2D eigenvalue weighted by atomic mass is 9.98. The predicted octanol–water partition coefficient (Wildman–Crippen LogP) is 2.26. The fraction of sp³-hybridized carbons (Fsp3) is 0.100. The van der Waals surface area contributed by atoms with Crippen molar-refractivity contribution in [1.29, 1.82) is 0 Å². The Labute approximate surface area is 155 Å². The van der Waals surface area contributed by atoms with Crippen LogP contribution < -0.4 is 28.2 Å². The van der Waals surface area contributed by atoms with E-state index in [0.29, 0.717) is 16.9 Å². The molecule has 3 aromatic carbocycles. The summed E-state index contributed by atoms with van der Waals surface area (Å²) in [7, 11) is 2.63. The first-order valence-electron chi connectivity index (χ1n) is 8.18. The van der Waals surface area contributed by atoms with Gasteiger partial charge in [0, 0.05) is 22.5 Å². The number of hydrogen-bond donors (Lipinski definition) is 4. The number of para-hydroxylation sites is 1. The zero-order valence-corrected chi connectivity index (χ0v) is 15.5. The van der Waals surface area contributed by atoms with E-state index in [2.05, 4.69) is 9.24 Å². The second-order valence-corrected chi connectivity index (χ2v) is 6.80. The summed E-state index contributed by atoms with van der Waals surface area (Å²) in [4.78, 5) is 0. The molecular formula is C20H23N4OP. The molecule has 0 amide bonds. The van der Waals surface area contributed by atoms with Crippen molar-refractivity contribution in [3.8, 4) is 11.1 Å². The summed E-state index contributed by atoms with van der Waals surface area (Å²) in [5.41, 5.74) is 29.3. The summed E-state index contributed by atoms with van der Waals surface area (Å²) in [6.45, 7) is 0.195. The minimum absolute atomic E-state index is 0.195. The highest BCUT2D eigenvalue weighted by atomic mass is 31.0. The van der Waals surface area contributed by atoms with Crippen LogP contribution in [-0.2, 0) is 17.2 Å². The molecule has 1 atom stereocenters. The maximum absolute atomic E-state index is 6.17. The van der Waals surface area contributed by atoms with Gasteiger partial charge in [-0.1, -0.05) is 48.5 Å². The highest BCUT2D eigenvalue weighted by Crippen LogP contribution is 2.31. The molecule has 0 aromatic heterocycles. The van der Waals surface area contributed by atoms with Crippen molar-refractivity contribution in [3.63, 3.8) is 0 Å². The van der Waals surface area contributed by atoms with Gasteiger partial charge in [-0.15, -0.1) is 9.24 Å². The van der Waals surface area contributed by atoms with Crippen LogP contribution in [0.25, 0.3) is 11.1 Å². The molecule has 3 aromatic rings. The van der Waals surface area contributed by atoms with Crippen molar-refractivity contribution in [3.05, 3.63) is 77.9 Å². The summed E-state index contributed by atoms with van der Waals surface area (Å²) in [6.07, 6.45) is 0. The molecular weight excluding hydrogens is 343 g/mol. The number of rotatable bonds is 5. The van der Waals surface area contributed by atoms with Gasteiger partial charge in [-0.25, -0.2) is 0 Å². The van der Waals surface area contributed by atoms with Gasteiger partial charge in [-0.05, 0) is 34.6 Å². The van der Waals surface area contributed by atoms with E-state index in [9.17, 15) is 0 Å². The Balaban J connectivity index is 1.95. The SMILES string of the molecule is Nc1cc(COC(N)(N)c2ccccc2)c(-c2ccccc2N)cc1P. The first-order valence-corrected chi connectivity index (χ1v) is 8.76. The van der Waals surface area contributed by atoms with Gasteiger partial charge in [0.15, 0.2) is 5.85 Å². The van der Waals surface area contributed by atoms with Crippen LogP contribution in [-0.4, -0.2) is 0 Å². The standard InChI is InChI=1S/C20H23N4OP/c21-17-9-5-4-8-15(17)16-11-19(26)18(22)10-13(16)12-25-20(23,24)14-6-2-1-3-7-14/h1-11H,12,21-24,26H2. The van der Waals surface area contributed by atoms with Crippen molar-refractivity contribution < 1.29 is 4.74 Å². The highest BCUT2D eigenvalue weighted by Gasteiger charge is 2.23. The third-order valence-electron chi connectivity index (χ3n) is 4.25. The molecule has 0 aliphatic carbocycles. The van der Waals surface area contributed by atoms with E-state index < -0.39 is 5.85 Å². The Morgan fingerprint density at radius 1 is 0.808 bits per heavy atom. The molecule has 8 N–H and O–H groups in total. The molecule has 5 nitrogen and oxygen atoms in total. The lowest BCUT2D eigenvalue weighted by Gasteiger charge is -2.26. The van der Waals surface area contributed by atoms with Crippen molar-refractivity contribution in [2.24, 2.45) is 11.5 Å². The molecule has 26 heavy (non-hydrogen) atoms. The Morgan fingerprint density at radius 2 is 1.46 bits per heavy atom. The molecule has 0 fully saturated rings. The molecule has 0 aliphatic heterocycles. The fourth-order valence-electron chi connectivity index (χ4n) is 2.77. The summed E-state index contributed by atoms with van der Waals surface area (Å²) in [5, 5.41) is 0.891. The van der Waals surface area contributed by atoms with E-state index in [1.165, 1.54) is 0 Å². The Bertz CT molecular complexity index is 913. The number of anilines is 2. The molecule has 134 valence electrons. The third-order valence-corrected chi connectivity index (χ3v) is 4.75. The molecule has 6 heteroatoms. The van der Waals surface area contributed by atoms with Crippen molar-refractivity contribution >= 4 is 25.9 Å². The smallest absolute Gasteiger partial charge is 0.197 e. The van der Waals surface area contributed by atoms with Crippen LogP contribution in [0.5, 0.6) is 0 Å². The quantitative estimate of drug-likeness (QED) is 0.314. The first-order chi connectivity index (χ1) is 12.4. The largest absolute Gasteiger partial charge is 0.398 e. The minimum atomic E-state index is -1.41. The van der Waals surface area contributed by atoms with Gasteiger partial charge in [0.2, 0.25) is 0 Å². The second-order valence-electron chi connectivity index (χ2n) is 6.17. The molecule has 1 unspecified atom stereocenters. The zero-order chi connectivity index (χ0) is 18.7. The average molecular weight is 366 g/mol. The molecule has 0 heterocycles. The Kier molecular flexibility index (Phi) is 5.25. The van der Waals surface area contributed by atoms with Crippen LogP contribution >= 0.6 is 9.24 Å². The maximum Gasteiger partial charge on any atom is 0.197 e. The van der Waals surface area contributed by atoms with Crippen LogP contribution in [0.15, 0.2) is 66.7 Å². The summed E-state index contributed by atoms with van der Waals surface area (Å²) < 4.78 is 5.85. The number of nitrogen functional groups attached to an aromatic ring is 2. The summed E-state index contributed by atoms with van der Waals surface area (Å²) in [6, 6.07) is 20.8. The van der Waals surface area contributed by atoms with Gasteiger partial charge in [0.25, 0.3) is 0 Å². The third kappa shape index (κ3) is 3.87. The van der Waals surface area contributed by atoms with E-state index >= 15 is 0 Å². The van der Waals surface area contributed by atoms with Gasteiger partial charge in [0.1, 0.15) is 0 Å². The molecule has 0 radical (unpaired) electrons. The average Bonchev–Trinajstić information content (AvgIpc) is 2.64. The monoisotopic (exact) mass is 366 g/mol. The maximum atomic E-state index is 6.17. The van der Waals surface area contributed by atoms with Crippen LogP contribution in [0, 0.1) is 0 Å². The van der Waals surface area contributed by atoms with E-state index in [1.807, 2.05) is 66.7 Å². The summed E-state index contributed by atoms with van der Waals surface area (Å²) >= 11 is 0. The lowest BCUT2D eigenvalue weighted by Crippen LogP contribution is -2.48. The molecule has 0 spiro atoms. The van der Waals surface area contributed by atoms with E-state index in [1.54, 1.807) is 0 Å². The lowest BCUT2D eigenvalue weighted by molar-refractivity contribution is -0.0533. The Morgan fingerprint density at radius 3 is 2.15 bits per heavy atom. The summed E-state index contributed by atoms with van der Waals surface area (Å²) in [5.74, 6) is -1.41. The highest BCUT2D eigenvalue weighted by molar-refractivity contribution is 7.28. The van der Waals surface area contributed by atoms with Gasteiger partial charge in [0.05, 0.1) is 6.61 Å². The van der Waals surface area contributed by atoms with Crippen molar-refractivity contribution in [2.75, 3.05) is 11.5 Å². The topological polar surface area (TPSA) is 113 Å².